The van der Waals surface area contributed by atoms with E-state index in [0.29, 0.717) is 34.6 Å². The highest BCUT2D eigenvalue weighted by Gasteiger charge is 2.64. The number of aryl methyl sites for hydroxylation is 1. The van der Waals surface area contributed by atoms with Crippen LogP contribution in [0.15, 0.2) is 12.3 Å². The van der Waals surface area contributed by atoms with Gasteiger partial charge < -0.3 is 20.1 Å². The zero-order valence-electron chi connectivity index (χ0n) is 13.5. The highest BCUT2D eigenvalue weighted by atomic mass is 16.6. The molecule has 124 valence electrons. The number of aromatic hydroxyl groups is 2. The second-order valence-electron chi connectivity index (χ2n) is 6.83. The molecule has 3 atom stereocenters. The van der Waals surface area contributed by atoms with Crippen LogP contribution in [-0.4, -0.2) is 31.0 Å². The summed E-state index contributed by atoms with van der Waals surface area (Å²) in [6.07, 6.45) is 0.983. The maximum absolute atomic E-state index is 10.7. The summed E-state index contributed by atoms with van der Waals surface area (Å²) in [5, 5.41) is 31.8. The van der Waals surface area contributed by atoms with Gasteiger partial charge in [0, 0.05) is 12.6 Å². The quantitative estimate of drug-likeness (QED) is 0.699. The van der Waals surface area contributed by atoms with E-state index in [1.54, 1.807) is 26.8 Å². The van der Waals surface area contributed by atoms with Crippen molar-refractivity contribution >= 4 is 5.69 Å². The molecule has 4 rings (SSSR count). The summed E-state index contributed by atoms with van der Waals surface area (Å²) >= 11 is 0. The Bertz CT molecular complexity index is 929. The molecule has 0 aliphatic carbocycles. The first kappa shape index (κ1) is 15.0. The van der Waals surface area contributed by atoms with Crippen LogP contribution in [0.4, 0.5) is 5.69 Å². The van der Waals surface area contributed by atoms with E-state index in [9.17, 15) is 15.3 Å². The highest BCUT2D eigenvalue weighted by Crippen LogP contribution is 2.64. The zero-order chi connectivity index (χ0) is 17.4. The molecule has 0 saturated carbocycles. The minimum atomic E-state index is -1.07. The summed E-state index contributed by atoms with van der Waals surface area (Å²) in [4.78, 5) is 7.54. The molecule has 0 aromatic carbocycles. The summed E-state index contributed by atoms with van der Waals surface area (Å²) in [5.41, 5.74) is 0.0653. The lowest BCUT2D eigenvalue weighted by atomic mass is 9.78. The number of hydrogen-bond donors (Lipinski definition) is 3. The Morgan fingerprint density at radius 3 is 2.62 bits per heavy atom. The molecule has 7 heteroatoms. The second-order valence-corrected chi connectivity index (χ2v) is 6.83. The van der Waals surface area contributed by atoms with Gasteiger partial charge in [0.15, 0.2) is 0 Å². The molecule has 24 heavy (non-hydrogen) atoms. The summed E-state index contributed by atoms with van der Waals surface area (Å²) in [6, 6.07) is 1.63. The van der Waals surface area contributed by atoms with Crippen molar-refractivity contribution in [1.82, 2.24) is 9.55 Å². The van der Waals surface area contributed by atoms with Gasteiger partial charge in [-0.2, -0.15) is 0 Å². The third kappa shape index (κ3) is 1.54. The molecule has 2 aromatic rings. The van der Waals surface area contributed by atoms with Crippen LogP contribution < -0.4 is 0 Å². The Hall–Kier alpha value is -2.56. The largest absolute Gasteiger partial charge is 0.494 e. The van der Waals surface area contributed by atoms with Gasteiger partial charge >= 0.3 is 0 Å². The van der Waals surface area contributed by atoms with E-state index in [0.717, 1.165) is 0 Å². The van der Waals surface area contributed by atoms with Gasteiger partial charge in [0.05, 0.1) is 29.4 Å². The average Bonchev–Trinajstić information content (AvgIpc) is 3.01. The molecule has 2 aromatic heterocycles. The van der Waals surface area contributed by atoms with Crippen LogP contribution in [0.5, 0.6) is 11.8 Å². The number of aliphatic hydroxyl groups excluding tert-OH is 1. The fourth-order valence-electron chi connectivity index (χ4n) is 4.02. The molecule has 2 bridgehead atoms. The van der Waals surface area contributed by atoms with Crippen LogP contribution in [0.2, 0.25) is 0 Å². The Morgan fingerprint density at radius 1 is 1.33 bits per heavy atom. The van der Waals surface area contributed by atoms with Gasteiger partial charge in [0.2, 0.25) is 17.4 Å². The number of nitrogens with zero attached hydrogens (tertiary/aromatic N) is 3. The Kier molecular flexibility index (Phi) is 2.68. The van der Waals surface area contributed by atoms with Gasteiger partial charge in [-0.25, -0.2) is 9.41 Å². The number of aliphatic hydroxyl groups is 1. The van der Waals surface area contributed by atoms with Crippen molar-refractivity contribution in [2.24, 2.45) is 0 Å². The Balaban J connectivity index is 1.98. The van der Waals surface area contributed by atoms with Crippen LogP contribution in [0.25, 0.3) is 10.7 Å². The number of rotatable bonds is 1. The van der Waals surface area contributed by atoms with Gasteiger partial charge in [-0.3, -0.25) is 4.98 Å². The van der Waals surface area contributed by atoms with Crippen LogP contribution >= 0.6 is 0 Å². The van der Waals surface area contributed by atoms with Crippen LogP contribution in [0.3, 0.4) is 0 Å². The summed E-state index contributed by atoms with van der Waals surface area (Å²) in [7, 11) is 0. The number of aromatic nitrogens is 2. The Morgan fingerprint density at radius 2 is 2.00 bits per heavy atom. The molecule has 0 radical (unpaired) electrons. The zero-order valence-corrected chi connectivity index (χ0v) is 13.5. The number of hydrogen-bond acceptors (Lipinski definition) is 5. The van der Waals surface area contributed by atoms with Gasteiger partial charge in [-0.1, -0.05) is 0 Å². The van der Waals surface area contributed by atoms with Crippen molar-refractivity contribution in [2.75, 3.05) is 0 Å². The summed E-state index contributed by atoms with van der Waals surface area (Å²) < 4.78 is 7.18. The first-order chi connectivity index (χ1) is 11.2. The van der Waals surface area contributed by atoms with Crippen LogP contribution in [0.1, 0.15) is 37.0 Å². The molecule has 0 spiro atoms. The number of fused-ring (bicyclic) bond motifs is 5. The summed E-state index contributed by atoms with van der Waals surface area (Å²) in [5.74, 6) is -0.0385. The molecule has 0 amide bonds. The smallest absolute Gasteiger partial charge is 0.208 e. The number of ether oxygens (including phenoxy) is 1. The van der Waals surface area contributed by atoms with E-state index < -0.39 is 17.3 Å². The van der Waals surface area contributed by atoms with Crippen LogP contribution in [-0.2, 0) is 15.9 Å². The van der Waals surface area contributed by atoms with E-state index in [4.69, 9.17) is 11.3 Å². The molecular weight excluding hydrogens is 310 g/mol. The van der Waals surface area contributed by atoms with Gasteiger partial charge in [-0.15, -0.1) is 0 Å². The predicted octanol–water partition coefficient (Wildman–Crippen LogP) is 2.37. The molecule has 1 saturated heterocycles. The molecule has 7 nitrogen and oxygen atoms in total. The number of pyridine rings is 1. The van der Waals surface area contributed by atoms with Gasteiger partial charge in [0.1, 0.15) is 11.4 Å². The van der Waals surface area contributed by atoms with Crippen molar-refractivity contribution in [3.63, 3.8) is 0 Å². The standard InChI is InChI=1S/C17H17N3O4/c1-8-5-11(19-7-9(8)18-4)20-14(22)12-13(15(20)23)17(3)10(21)6-16(12,2)24-17/h5,7,10,21-23H,6H2,1-3H3/t10-,16?,17?/m0/s1. The van der Waals surface area contributed by atoms with Crippen LogP contribution in [0, 0.1) is 13.5 Å². The molecular formula is C17H17N3O4. The molecule has 1 fully saturated rings. The minimum Gasteiger partial charge on any atom is -0.494 e. The van der Waals surface area contributed by atoms with E-state index >= 15 is 0 Å². The molecule has 2 aliphatic rings. The van der Waals surface area contributed by atoms with Crippen molar-refractivity contribution in [3.8, 4) is 17.6 Å². The lowest BCUT2D eigenvalue weighted by Gasteiger charge is -2.25. The van der Waals surface area contributed by atoms with Crippen molar-refractivity contribution in [1.29, 1.82) is 0 Å². The lowest BCUT2D eigenvalue weighted by molar-refractivity contribution is -0.0936. The topological polar surface area (TPSA) is 92.1 Å². The second kappa shape index (κ2) is 4.29. The Labute approximate surface area is 138 Å². The van der Waals surface area contributed by atoms with Crippen molar-refractivity contribution in [2.45, 2.75) is 44.5 Å². The highest BCUT2D eigenvalue weighted by molar-refractivity contribution is 5.61. The van der Waals surface area contributed by atoms with E-state index in [1.807, 2.05) is 0 Å². The average molecular weight is 327 g/mol. The molecule has 4 heterocycles. The lowest BCUT2D eigenvalue weighted by Crippen LogP contribution is -2.32. The normalized spacial score (nSPS) is 30.4. The SMILES string of the molecule is [C-]#[N+]c1cnc(-n2c(O)c3c(c2O)C2(C)OC3(C)C[C@@H]2O)cc1C. The maximum atomic E-state index is 10.7. The third-order valence-electron chi connectivity index (χ3n) is 5.22. The predicted molar refractivity (Wildman–Crippen MR) is 84.3 cm³/mol. The molecule has 2 aliphatic heterocycles. The fraction of sp³-hybridized carbons (Fsp3) is 0.412. The fourth-order valence-corrected chi connectivity index (χ4v) is 4.02. The van der Waals surface area contributed by atoms with Gasteiger partial charge in [-0.05, 0) is 32.4 Å². The van der Waals surface area contributed by atoms with Gasteiger partial charge in [0.25, 0.3) is 0 Å². The van der Waals surface area contributed by atoms with Crippen molar-refractivity contribution in [3.05, 3.63) is 40.4 Å². The maximum Gasteiger partial charge on any atom is 0.208 e. The van der Waals surface area contributed by atoms with Crippen molar-refractivity contribution < 1.29 is 20.1 Å². The van der Waals surface area contributed by atoms with E-state index in [2.05, 4.69) is 9.83 Å². The first-order valence-corrected chi connectivity index (χ1v) is 7.63. The molecule has 2 unspecified atom stereocenters. The summed E-state index contributed by atoms with van der Waals surface area (Å²) in [6.45, 7) is 12.4. The molecule has 3 N–H and O–H groups in total. The first-order valence-electron chi connectivity index (χ1n) is 7.63. The minimum absolute atomic E-state index is 0.150. The monoisotopic (exact) mass is 327 g/mol. The third-order valence-corrected chi connectivity index (χ3v) is 5.22. The van der Waals surface area contributed by atoms with E-state index in [1.165, 1.54) is 10.8 Å². The van der Waals surface area contributed by atoms with E-state index in [-0.39, 0.29) is 11.8 Å².